The molecule has 2 heterocycles. The van der Waals surface area contributed by atoms with E-state index in [0.29, 0.717) is 17.9 Å². The number of fused-ring (bicyclic) bond motifs is 1. The summed E-state index contributed by atoms with van der Waals surface area (Å²) in [6.45, 7) is 1.88. The zero-order valence-corrected chi connectivity index (χ0v) is 13.6. The second-order valence-corrected chi connectivity index (χ2v) is 5.87. The molecule has 0 saturated carbocycles. The van der Waals surface area contributed by atoms with Gasteiger partial charge in [0.1, 0.15) is 23.4 Å². The summed E-state index contributed by atoms with van der Waals surface area (Å²) in [5.41, 5.74) is 1.35. The van der Waals surface area contributed by atoms with Crippen molar-refractivity contribution >= 4 is 28.0 Å². The molecule has 0 radical (unpaired) electrons. The van der Waals surface area contributed by atoms with Crippen LogP contribution in [0.4, 0.5) is 10.2 Å². The van der Waals surface area contributed by atoms with Crippen LogP contribution >= 0.6 is 11.3 Å². The van der Waals surface area contributed by atoms with Crippen molar-refractivity contribution in [3.63, 3.8) is 0 Å². The number of imidazole rings is 1. The van der Waals surface area contributed by atoms with Crippen molar-refractivity contribution in [1.82, 2.24) is 9.38 Å². The van der Waals surface area contributed by atoms with Crippen molar-refractivity contribution < 1.29 is 13.9 Å². The number of carbonyl (C=O) groups excluding carboxylic acids is 1. The van der Waals surface area contributed by atoms with Crippen LogP contribution < -0.4 is 5.32 Å². The van der Waals surface area contributed by atoms with Gasteiger partial charge in [-0.25, -0.2) is 9.37 Å². The summed E-state index contributed by atoms with van der Waals surface area (Å²) in [6, 6.07) is 6.03. The summed E-state index contributed by atoms with van der Waals surface area (Å²) in [5.74, 6) is 0.0190. The first-order valence-electron chi connectivity index (χ1n) is 7.19. The molecule has 1 atom stereocenters. The molecule has 23 heavy (non-hydrogen) atoms. The van der Waals surface area contributed by atoms with Crippen molar-refractivity contribution in [3.05, 3.63) is 41.7 Å². The third kappa shape index (κ3) is 2.97. The molecule has 0 aliphatic rings. The number of aromatic nitrogens is 2. The summed E-state index contributed by atoms with van der Waals surface area (Å²) in [7, 11) is 1.51. The van der Waals surface area contributed by atoms with E-state index >= 15 is 0 Å². The fourth-order valence-corrected chi connectivity index (χ4v) is 3.08. The van der Waals surface area contributed by atoms with Crippen LogP contribution in [0, 0.1) is 5.82 Å². The van der Waals surface area contributed by atoms with Crippen LogP contribution in [0.15, 0.2) is 35.8 Å². The predicted octanol–water partition coefficient (Wildman–Crippen LogP) is 3.57. The highest BCUT2D eigenvalue weighted by atomic mass is 32.1. The molecule has 5 nitrogen and oxygen atoms in total. The standard InChI is InChI=1S/C16H16FN3O2S/c1-3-12(22-2)15(21)19-14-13(10-4-6-11(17)7-5-10)18-16-20(14)8-9-23-16/h4-9,12H,3H2,1-2H3,(H,19,21)/t12-/m0/s1. The lowest BCUT2D eigenvalue weighted by Crippen LogP contribution is -2.29. The van der Waals surface area contributed by atoms with Gasteiger partial charge in [-0.3, -0.25) is 9.20 Å². The molecule has 0 unspecified atom stereocenters. The Labute approximate surface area is 136 Å². The summed E-state index contributed by atoms with van der Waals surface area (Å²) in [4.78, 5) is 17.6. The van der Waals surface area contributed by atoms with Gasteiger partial charge in [0, 0.05) is 24.3 Å². The van der Waals surface area contributed by atoms with Crippen molar-refractivity contribution in [2.45, 2.75) is 19.4 Å². The smallest absolute Gasteiger partial charge is 0.254 e. The minimum Gasteiger partial charge on any atom is -0.372 e. The molecule has 2 aromatic heterocycles. The van der Waals surface area contributed by atoms with Gasteiger partial charge in [-0.15, -0.1) is 11.3 Å². The van der Waals surface area contributed by atoms with E-state index in [-0.39, 0.29) is 11.7 Å². The van der Waals surface area contributed by atoms with E-state index in [0.717, 1.165) is 10.5 Å². The molecule has 1 aromatic carbocycles. The molecule has 0 fully saturated rings. The number of rotatable bonds is 5. The minimum absolute atomic E-state index is 0.230. The van der Waals surface area contributed by atoms with Crippen molar-refractivity contribution in [2.75, 3.05) is 12.4 Å². The van der Waals surface area contributed by atoms with E-state index in [1.165, 1.54) is 30.6 Å². The number of carbonyl (C=O) groups is 1. The van der Waals surface area contributed by atoms with Crippen molar-refractivity contribution in [2.24, 2.45) is 0 Å². The number of amides is 1. The molecule has 0 bridgehead atoms. The molecule has 1 N–H and O–H groups in total. The van der Waals surface area contributed by atoms with Crippen LogP contribution in [0.5, 0.6) is 0 Å². The number of nitrogens with zero attached hydrogens (tertiary/aromatic N) is 2. The first kappa shape index (κ1) is 15.6. The summed E-state index contributed by atoms with van der Waals surface area (Å²) < 4.78 is 20.1. The van der Waals surface area contributed by atoms with Gasteiger partial charge in [0.05, 0.1) is 0 Å². The fourth-order valence-electron chi connectivity index (χ4n) is 2.37. The van der Waals surface area contributed by atoms with Gasteiger partial charge >= 0.3 is 0 Å². The van der Waals surface area contributed by atoms with E-state index in [1.807, 2.05) is 22.9 Å². The fraction of sp³-hybridized carbons (Fsp3) is 0.250. The molecule has 0 saturated heterocycles. The van der Waals surface area contributed by atoms with Crippen LogP contribution in [-0.2, 0) is 9.53 Å². The lowest BCUT2D eigenvalue weighted by molar-refractivity contribution is -0.125. The van der Waals surface area contributed by atoms with E-state index < -0.39 is 6.10 Å². The molecule has 3 aromatic rings. The lowest BCUT2D eigenvalue weighted by Gasteiger charge is -2.13. The normalized spacial score (nSPS) is 12.5. The maximum atomic E-state index is 13.1. The lowest BCUT2D eigenvalue weighted by atomic mass is 10.1. The maximum Gasteiger partial charge on any atom is 0.254 e. The average Bonchev–Trinajstić information content (AvgIpc) is 3.12. The number of halogens is 1. The first-order valence-corrected chi connectivity index (χ1v) is 8.07. The quantitative estimate of drug-likeness (QED) is 0.777. The molecule has 0 spiro atoms. The zero-order chi connectivity index (χ0) is 16.4. The second kappa shape index (κ2) is 6.47. The molecule has 0 aliphatic heterocycles. The number of thiazole rings is 1. The van der Waals surface area contributed by atoms with Crippen LogP contribution in [-0.4, -0.2) is 28.5 Å². The number of anilines is 1. The van der Waals surface area contributed by atoms with Crippen molar-refractivity contribution in [1.29, 1.82) is 0 Å². The number of nitrogens with one attached hydrogen (secondary N) is 1. The average molecular weight is 333 g/mol. The molecule has 7 heteroatoms. The molecule has 120 valence electrons. The third-order valence-corrected chi connectivity index (χ3v) is 4.33. The van der Waals surface area contributed by atoms with E-state index in [9.17, 15) is 9.18 Å². The summed E-state index contributed by atoms with van der Waals surface area (Å²) in [5, 5.41) is 4.77. The zero-order valence-electron chi connectivity index (χ0n) is 12.7. The van der Waals surface area contributed by atoms with Gasteiger partial charge in [-0.2, -0.15) is 0 Å². The number of ether oxygens (including phenoxy) is 1. The number of benzene rings is 1. The van der Waals surface area contributed by atoms with E-state index in [4.69, 9.17) is 4.74 Å². The number of hydrogen-bond donors (Lipinski definition) is 1. The predicted molar refractivity (Wildman–Crippen MR) is 88.2 cm³/mol. The third-order valence-electron chi connectivity index (χ3n) is 3.57. The molecular weight excluding hydrogens is 317 g/mol. The Kier molecular flexibility index (Phi) is 4.40. The van der Waals surface area contributed by atoms with Gasteiger partial charge in [0.25, 0.3) is 5.91 Å². The Morgan fingerprint density at radius 1 is 1.43 bits per heavy atom. The highest BCUT2D eigenvalue weighted by Gasteiger charge is 2.21. The summed E-state index contributed by atoms with van der Waals surface area (Å²) >= 11 is 1.46. The van der Waals surface area contributed by atoms with Gasteiger partial charge in [0.2, 0.25) is 0 Å². The Morgan fingerprint density at radius 2 is 2.17 bits per heavy atom. The monoisotopic (exact) mass is 333 g/mol. The van der Waals surface area contributed by atoms with Gasteiger partial charge in [-0.1, -0.05) is 6.92 Å². The Hall–Kier alpha value is -2.25. The Morgan fingerprint density at radius 3 is 2.83 bits per heavy atom. The van der Waals surface area contributed by atoms with Crippen LogP contribution in [0.2, 0.25) is 0 Å². The number of hydrogen-bond acceptors (Lipinski definition) is 4. The number of methoxy groups -OCH3 is 1. The van der Waals surface area contributed by atoms with Gasteiger partial charge in [0.15, 0.2) is 4.96 Å². The van der Waals surface area contributed by atoms with E-state index in [1.54, 1.807) is 12.1 Å². The SMILES string of the molecule is CC[C@H](OC)C(=O)Nc1c(-c2ccc(F)cc2)nc2sccn12. The molecule has 3 rings (SSSR count). The minimum atomic E-state index is -0.528. The highest BCUT2D eigenvalue weighted by Crippen LogP contribution is 2.31. The summed E-state index contributed by atoms with van der Waals surface area (Å²) in [6.07, 6.45) is 1.88. The molecule has 1 amide bonds. The van der Waals surface area contributed by atoms with Crippen LogP contribution in [0.25, 0.3) is 16.2 Å². The largest absolute Gasteiger partial charge is 0.372 e. The van der Waals surface area contributed by atoms with Crippen LogP contribution in [0.3, 0.4) is 0 Å². The first-order chi connectivity index (χ1) is 11.1. The maximum absolute atomic E-state index is 13.1. The molecule has 0 aliphatic carbocycles. The van der Waals surface area contributed by atoms with Gasteiger partial charge < -0.3 is 10.1 Å². The Balaban J connectivity index is 2.03. The highest BCUT2D eigenvalue weighted by molar-refractivity contribution is 7.15. The van der Waals surface area contributed by atoms with Crippen molar-refractivity contribution in [3.8, 4) is 11.3 Å². The molecular formula is C16H16FN3O2S. The van der Waals surface area contributed by atoms with Gasteiger partial charge in [-0.05, 0) is 30.7 Å². The topological polar surface area (TPSA) is 55.6 Å². The second-order valence-electron chi connectivity index (χ2n) is 4.99. The Bertz CT molecular complexity index is 822. The van der Waals surface area contributed by atoms with E-state index in [2.05, 4.69) is 10.3 Å². The van der Waals surface area contributed by atoms with Crippen LogP contribution in [0.1, 0.15) is 13.3 Å².